The van der Waals surface area contributed by atoms with E-state index in [2.05, 4.69) is 15.6 Å². The zero-order chi connectivity index (χ0) is 17.4. The normalized spacial score (nSPS) is 23.4. The van der Waals surface area contributed by atoms with Crippen LogP contribution in [0.3, 0.4) is 0 Å². The Labute approximate surface area is 148 Å². The van der Waals surface area contributed by atoms with Gasteiger partial charge in [-0.05, 0) is 55.8 Å². The summed E-state index contributed by atoms with van der Waals surface area (Å²) in [5, 5.41) is 6.79. The molecule has 0 spiro atoms. The van der Waals surface area contributed by atoms with Crippen molar-refractivity contribution in [1.29, 1.82) is 0 Å². The van der Waals surface area contributed by atoms with E-state index in [4.69, 9.17) is 0 Å². The van der Waals surface area contributed by atoms with E-state index < -0.39 is 11.6 Å². The number of aromatic nitrogens is 1. The second kappa shape index (κ2) is 6.80. The monoisotopic (exact) mass is 363 g/mol. The maximum atomic E-state index is 13.8. The minimum Gasteiger partial charge on any atom is -0.317 e. The zero-order valence-electron chi connectivity index (χ0n) is 13.6. The van der Waals surface area contributed by atoms with Gasteiger partial charge >= 0.3 is 0 Å². The van der Waals surface area contributed by atoms with Gasteiger partial charge < -0.3 is 10.6 Å². The highest BCUT2D eigenvalue weighted by Crippen LogP contribution is 2.49. The van der Waals surface area contributed by atoms with Crippen LogP contribution in [-0.4, -0.2) is 24.0 Å². The highest BCUT2D eigenvalue weighted by Gasteiger charge is 2.45. The molecule has 2 N–H and O–H groups in total. The summed E-state index contributed by atoms with van der Waals surface area (Å²) in [4.78, 5) is 17.9. The lowest BCUT2D eigenvalue weighted by atomic mass is 9.97. The Morgan fingerprint density at radius 3 is 2.84 bits per heavy atom. The van der Waals surface area contributed by atoms with Crippen molar-refractivity contribution in [2.24, 2.45) is 5.92 Å². The Hall–Kier alpha value is -1.86. The topological polar surface area (TPSA) is 54.0 Å². The lowest BCUT2D eigenvalue weighted by Gasteiger charge is -2.20. The molecule has 1 aromatic heterocycles. The summed E-state index contributed by atoms with van der Waals surface area (Å²) >= 11 is 1.52. The number of carbonyl (C=O) groups excluding carboxylic acids is 1. The summed E-state index contributed by atoms with van der Waals surface area (Å²) in [5.41, 5.74) is 0.413. The summed E-state index contributed by atoms with van der Waals surface area (Å²) in [7, 11) is 0. The number of hydrogen-bond acceptors (Lipinski definition) is 4. The number of benzene rings is 1. The average molecular weight is 363 g/mol. The number of thiazole rings is 1. The fourth-order valence-electron chi connectivity index (χ4n) is 3.47. The second-order valence-corrected chi connectivity index (χ2v) is 7.76. The summed E-state index contributed by atoms with van der Waals surface area (Å²) in [6, 6.07) is 3.54. The van der Waals surface area contributed by atoms with Gasteiger partial charge in [0.1, 0.15) is 11.6 Å². The van der Waals surface area contributed by atoms with Gasteiger partial charge in [0.15, 0.2) is 5.13 Å². The van der Waals surface area contributed by atoms with Crippen LogP contribution in [0.2, 0.25) is 0 Å². The third-order valence-electron chi connectivity index (χ3n) is 4.98. The number of rotatable bonds is 4. The van der Waals surface area contributed by atoms with Crippen LogP contribution in [0.4, 0.5) is 13.9 Å². The molecule has 2 aromatic rings. The number of hydrogen-bond donors (Lipinski definition) is 2. The first kappa shape index (κ1) is 16.6. The minimum absolute atomic E-state index is 0.139. The van der Waals surface area contributed by atoms with Gasteiger partial charge in [-0.25, -0.2) is 13.8 Å². The van der Waals surface area contributed by atoms with E-state index >= 15 is 0 Å². The molecule has 2 aliphatic rings. The van der Waals surface area contributed by atoms with Crippen LogP contribution in [0.15, 0.2) is 24.4 Å². The zero-order valence-corrected chi connectivity index (χ0v) is 14.4. The molecule has 2 atom stereocenters. The largest absolute Gasteiger partial charge is 0.317 e. The highest BCUT2D eigenvalue weighted by atomic mass is 32.1. The summed E-state index contributed by atoms with van der Waals surface area (Å²) in [6.45, 7) is 2.02. The smallest absolute Gasteiger partial charge is 0.229 e. The number of anilines is 1. The molecule has 1 saturated carbocycles. The van der Waals surface area contributed by atoms with Crippen molar-refractivity contribution in [2.75, 3.05) is 18.4 Å². The lowest BCUT2D eigenvalue weighted by Crippen LogP contribution is -2.26. The SMILES string of the molecule is O=C(Nc1ncc(C2CCNCC2)s1)C1CC1c1ccc(F)cc1F. The van der Waals surface area contributed by atoms with Gasteiger partial charge in [0, 0.05) is 23.1 Å². The molecule has 1 saturated heterocycles. The molecule has 2 heterocycles. The van der Waals surface area contributed by atoms with Crippen LogP contribution in [0.25, 0.3) is 0 Å². The lowest BCUT2D eigenvalue weighted by molar-refractivity contribution is -0.117. The Bertz CT molecular complexity index is 788. The van der Waals surface area contributed by atoms with E-state index in [1.807, 2.05) is 6.20 Å². The molecule has 0 radical (unpaired) electrons. The van der Waals surface area contributed by atoms with E-state index in [9.17, 15) is 13.6 Å². The van der Waals surface area contributed by atoms with Crippen LogP contribution < -0.4 is 10.6 Å². The molecule has 2 fully saturated rings. The van der Waals surface area contributed by atoms with Crippen LogP contribution in [0.5, 0.6) is 0 Å². The first-order valence-electron chi connectivity index (χ1n) is 8.54. The molecule has 132 valence electrons. The summed E-state index contributed by atoms with van der Waals surface area (Å²) in [5.74, 6) is -1.26. The van der Waals surface area contributed by atoms with Crippen molar-refractivity contribution in [3.05, 3.63) is 46.5 Å². The van der Waals surface area contributed by atoms with E-state index in [1.165, 1.54) is 28.3 Å². The molecule has 2 unspecified atom stereocenters. The number of halogens is 2. The number of carbonyl (C=O) groups is 1. The molecule has 4 nitrogen and oxygen atoms in total. The second-order valence-electron chi connectivity index (χ2n) is 6.70. The van der Waals surface area contributed by atoms with Gasteiger partial charge in [0.25, 0.3) is 0 Å². The van der Waals surface area contributed by atoms with Crippen LogP contribution in [-0.2, 0) is 4.79 Å². The maximum Gasteiger partial charge on any atom is 0.229 e. The first-order valence-corrected chi connectivity index (χ1v) is 9.35. The van der Waals surface area contributed by atoms with Gasteiger partial charge in [-0.15, -0.1) is 11.3 Å². The van der Waals surface area contributed by atoms with Crippen molar-refractivity contribution < 1.29 is 13.6 Å². The number of nitrogens with one attached hydrogen (secondary N) is 2. The Kier molecular flexibility index (Phi) is 4.52. The molecule has 1 aliphatic carbocycles. The molecular formula is C18H19F2N3OS. The van der Waals surface area contributed by atoms with Gasteiger partial charge in [-0.3, -0.25) is 4.79 Å². The van der Waals surface area contributed by atoms with Crippen molar-refractivity contribution >= 4 is 22.4 Å². The van der Waals surface area contributed by atoms with Gasteiger partial charge in [-0.2, -0.15) is 0 Å². The van der Waals surface area contributed by atoms with Crippen LogP contribution in [0.1, 0.15) is 41.5 Å². The van der Waals surface area contributed by atoms with Crippen LogP contribution >= 0.6 is 11.3 Å². The van der Waals surface area contributed by atoms with Crippen molar-refractivity contribution in [1.82, 2.24) is 10.3 Å². The van der Waals surface area contributed by atoms with E-state index in [0.717, 1.165) is 32.0 Å². The summed E-state index contributed by atoms with van der Waals surface area (Å²) in [6.07, 6.45) is 4.61. The Morgan fingerprint density at radius 2 is 2.08 bits per heavy atom. The van der Waals surface area contributed by atoms with E-state index in [-0.39, 0.29) is 17.7 Å². The van der Waals surface area contributed by atoms with E-state index in [1.54, 1.807) is 0 Å². The minimum atomic E-state index is -0.601. The number of piperidine rings is 1. The standard InChI is InChI=1S/C18H19F2N3OS/c19-11-1-2-12(15(20)7-11)13-8-14(13)17(24)23-18-22-9-16(25-18)10-3-5-21-6-4-10/h1-2,7,9-10,13-14,21H,3-6,8H2,(H,22,23,24). The Balaban J connectivity index is 1.37. The quantitative estimate of drug-likeness (QED) is 0.872. The fourth-order valence-corrected chi connectivity index (χ4v) is 4.46. The first-order chi connectivity index (χ1) is 12.1. The van der Waals surface area contributed by atoms with Gasteiger partial charge in [0.05, 0.1) is 0 Å². The van der Waals surface area contributed by atoms with Gasteiger partial charge in [0.2, 0.25) is 5.91 Å². The highest BCUT2D eigenvalue weighted by molar-refractivity contribution is 7.15. The molecule has 1 aliphatic heterocycles. The number of nitrogens with zero attached hydrogens (tertiary/aromatic N) is 1. The van der Waals surface area contributed by atoms with Crippen molar-refractivity contribution in [3.8, 4) is 0 Å². The summed E-state index contributed by atoms with van der Waals surface area (Å²) < 4.78 is 26.8. The maximum absolute atomic E-state index is 13.8. The fraction of sp³-hybridized carbons (Fsp3) is 0.444. The van der Waals surface area contributed by atoms with Crippen molar-refractivity contribution in [2.45, 2.75) is 31.1 Å². The molecule has 7 heteroatoms. The third-order valence-corrected chi connectivity index (χ3v) is 6.06. The number of amides is 1. The molecule has 0 bridgehead atoms. The molecular weight excluding hydrogens is 344 g/mol. The molecule has 25 heavy (non-hydrogen) atoms. The molecule has 1 aromatic carbocycles. The van der Waals surface area contributed by atoms with Crippen molar-refractivity contribution in [3.63, 3.8) is 0 Å². The Morgan fingerprint density at radius 1 is 1.28 bits per heavy atom. The molecule has 1 amide bonds. The average Bonchev–Trinajstić information content (AvgIpc) is 3.26. The molecule has 4 rings (SSSR count). The van der Waals surface area contributed by atoms with Crippen LogP contribution in [0, 0.1) is 17.6 Å². The van der Waals surface area contributed by atoms with Gasteiger partial charge in [-0.1, -0.05) is 6.07 Å². The third kappa shape index (κ3) is 3.57. The predicted molar refractivity (Wildman–Crippen MR) is 92.8 cm³/mol. The predicted octanol–water partition coefficient (Wildman–Crippen LogP) is 3.63. The van der Waals surface area contributed by atoms with E-state index in [0.29, 0.717) is 23.0 Å².